The van der Waals surface area contributed by atoms with Crippen LogP contribution in [0.15, 0.2) is 52.6 Å². The Labute approximate surface area is 244 Å². The van der Waals surface area contributed by atoms with Crippen LogP contribution >= 0.6 is 11.8 Å². The van der Waals surface area contributed by atoms with Crippen LogP contribution < -0.4 is 26.8 Å². The molecule has 4 amide bonds. The highest BCUT2D eigenvalue weighted by atomic mass is 32.2. The fourth-order valence-corrected chi connectivity index (χ4v) is 6.78. The van der Waals surface area contributed by atoms with Crippen LogP contribution in [0.25, 0.3) is 0 Å². The number of nitrogens with zero attached hydrogens (tertiary/aromatic N) is 3. The van der Waals surface area contributed by atoms with Crippen molar-refractivity contribution in [2.45, 2.75) is 62.2 Å². The molecule has 42 heavy (non-hydrogen) atoms. The lowest BCUT2D eigenvalue weighted by Crippen LogP contribution is -2.71. The molecule has 3 atom stereocenters. The number of H-pyrrole nitrogens is 1. The Balaban J connectivity index is 1.42. The number of hydrogen-bond acceptors (Lipinski definition) is 9. The number of rotatable bonds is 8. The summed E-state index contributed by atoms with van der Waals surface area (Å²) in [4.78, 5) is 73.4. The second-order valence-corrected chi connectivity index (χ2v) is 11.6. The number of benzene rings is 1. The number of aromatic amines is 1. The van der Waals surface area contributed by atoms with E-state index in [1.807, 2.05) is 0 Å². The maximum absolute atomic E-state index is 13.8. The number of β-lactam (4-membered cyclic amide) rings is 1. The van der Waals surface area contributed by atoms with E-state index in [9.17, 15) is 34.2 Å². The van der Waals surface area contributed by atoms with E-state index in [-0.39, 0.29) is 29.5 Å². The van der Waals surface area contributed by atoms with Crippen molar-refractivity contribution < 1.29 is 29.4 Å². The molecule has 2 aliphatic heterocycles. The molecule has 2 fully saturated rings. The Morgan fingerprint density at radius 1 is 1.17 bits per heavy atom. The van der Waals surface area contributed by atoms with Crippen molar-refractivity contribution in [2.24, 2.45) is 5.73 Å². The number of hydrogen-bond donors (Lipinski definition) is 6. The lowest BCUT2D eigenvalue weighted by atomic mass is 9.93. The van der Waals surface area contributed by atoms with Gasteiger partial charge in [-0.15, -0.1) is 11.8 Å². The zero-order valence-corrected chi connectivity index (χ0v) is 23.5. The molecule has 14 nitrogen and oxygen atoms in total. The number of carboxylic acids is 1. The first kappa shape index (κ1) is 29.1. The molecule has 2 aromatic rings. The molecule has 1 aliphatic carbocycles. The molecule has 0 radical (unpaired) electrons. The minimum absolute atomic E-state index is 0.00463. The van der Waals surface area contributed by atoms with Gasteiger partial charge in [-0.25, -0.2) is 14.6 Å². The number of nitrogens with two attached hydrogens (primary N) is 1. The van der Waals surface area contributed by atoms with Crippen LogP contribution in [-0.2, 0) is 14.4 Å². The smallest absolute Gasteiger partial charge is 0.352 e. The molecule has 1 aromatic heterocycles. The molecule has 222 valence electrons. The van der Waals surface area contributed by atoms with Gasteiger partial charge in [-0.2, -0.15) is 0 Å². The third kappa shape index (κ3) is 5.56. The first-order valence-corrected chi connectivity index (χ1v) is 14.5. The van der Waals surface area contributed by atoms with Crippen LogP contribution in [0.4, 0.5) is 16.4 Å². The third-order valence-corrected chi connectivity index (χ3v) is 9.02. The number of urea groups is 1. The maximum Gasteiger partial charge on any atom is 0.352 e. The van der Waals surface area contributed by atoms with Crippen LogP contribution in [0.1, 0.15) is 44.2 Å². The van der Waals surface area contributed by atoms with Crippen molar-refractivity contribution in [3.05, 3.63) is 63.7 Å². The molecule has 15 heteroatoms. The van der Waals surface area contributed by atoms with Crippen LogP contribution in [-0.4, -0.2) is 78.2 Å². The topological polar surface area (TPSA) is 211 Å². The zero-order valence-electron chi connectivity index (χ0n) is 22.6. The number of carbonyl (C=O) groups excluding carboxylic acids is 3. The van der Waals surface area contributed by atoms with E-state index in [1.165, 1.54) is 11.8 Å². The summed E-state index contributed by atoms with van der Waals surface area (Å²) in [6, 6.07) is 4.54. The molecule has 5 rings (SSSR count). The number of amides is 4. The fraction of sp³-hybridized carbons (Fsp3) is 0.407. The first-order valence-electron chi connectivity index (χ1n) is 13.4. The van der Waals surface area contributed by atoms with Gasteiger partial charge in [0.05, 0.1) is 12.3 Å². The van der Waals surface area contributed by atoms with Crippen molar-refractivity contribution in [3.63, 3.8) is 0 Å². The molecule has 3 heterocycles. The van der Waals surface area contributed by atoms with E-state index < -0.39 is 46.8 Å². The molecule has 1 aromatic carbocycles. The van der Waals surface area contributed by atoms with Crippen molar-refractivity contribution in [1.82, 2.24) is 20.2 Å². The molecule has 1 saturated heterocycles. The van der Waals surface area contributed by atoms with Gasteiger partial charge in [-0.3, -0.25) is 29.2 Å². The number of thioether (sulfide) groups is 1. The second kappa shape index (κ2) is 11.9. The summed E-state index contributed by atoms with van der Waals surface area (Å²) >= 11 is 1.31. The molecular weight excluding hydrogens is 566 g/mol. The molecule has 7 N–H and O–H groups in total. The number of aliphatic carboxylic acids is 1. The summed E-state index contributed by atoms with van der Waals surface area (Å²) in [6.07, 6.45) is 3.42. The third-order valence-electron chi connectivity index (χ3n) is 7.60. The van der Waals surface area contributed by atoms with Gasteiger partial charge in [-0.1, -0.05) is 30.3 Å². The average Bonchev–Trinajstić information content (AvgIpc) is 2.96. The zero-order chi connectivity index (χ0) is 30.1. The van der Waals surface area contributed by atoms with E-state index in [0.717, 1.165) is 16.0 Å². The second-order valence-electron chi connectivity index (χ2n) is 10.4. The van der Waals surface area contributed by atoms with Crippen LogP contribution in [0, 0.1) is 0 Å². The summed E-state index contributed by atoms with van der Waals surface area (Å²) < 4.78 is 0. The average molecular weight is 598 g/mol. The van der Waals surface area contributed by atoms with Gasteiger partial charge < -0.3 is 26.6 Å². The van der Waals surface area contributed by atoms with Gasteiger partial charge in [0.1, 0.15) is 28.8 Å². The predicted molar refractivity (Wildman–Crippen MR) is 153 cm³/mol. The van der Waals surface area contributed by atoms with Gasteiger partial charge >= 0.3 is 12.0 Å². The van der Waals surface area contributed by atoms with E-state index in [0.29, 0.717) is 42.6 Å². The Kier molecular flexibility index (Phi) is 8.22. The van der Waals surface area contributed by atoms with Crippen LogP contribution in [0.2, 0.25) is 0 Å². The molecule has 2 unspecified atom stereocenters. The predicted octanol–water partition coefficient (Wildman–Crippen LogP) is 0.870. The SMILES string of the molecule is CC1=C(C(=O)O)N2C(=O)C(NC(=O)C(c3ccccc3)N(C(N)=O)c3cnc(NC4CCC(O)CC4)[nH]c3=O)[C@@H]2SC1. The number of anilines is 2. The van der Waals surface area contributed by atoms with Gasteiger partial charge in [0, 0.05) is 11.8 Å². The van der Waals surface area contributed by atoms with Gasteiger partial charge in [0.15, 0.2) is 0 Å². The van der Waals surface area contributed by atoms with Crippen molar-refractivity contribution >= 4 is 47.2 Å². The van der Waals surface area contributed by atoms with Crippen LogP contribution in [0.5, 0.6) is 0 Å². The highest BCUT2D eigenvalue weighted by molar-refractivity contribution is 8.00. The van der Waals surface area contributed by atoms with Crippen LogP contribution in [0.3, 0.4) is 0 Å². The molecule has 0 spiro atoms. The first-order chi connectivity index (χ1) is 20.1. The normalized spacial score (nSPS) is 24.2. The number of fused-ring (bicyclic) bond motifs is 1. The Morgan fingerprint density at radius 2 is 1.86 bits per heavy atom. The highest BCUT2D eigenvalue weighted by Gasteiger charge is 2.54. The molecule has 1 saturated carbocycles. The lowest BCUT2D eigenvalue weighted by molar-refractivity contribution is -0.150. The monoisotopic (exact) mass is 597 g/mol. The van der Waals surface area contributed by atoms with Gasteiger partial charge in [0.25, 0.3) is 11.5 Å². The Bertz CT molecular complexity index is 1490. The lowest BCUT2D eigenvalue weighted by Gasteiger charge is -2.49. The molecule has 3 aliphatic rings. The standard InChI is InChI=1S/C27H31N7O7S/c1-13-12-42-24-18(23(38)34(24)19(13)25(39)40)31-22(37)20(14-5-3-2-4-6-14)33(26(28)41)17-11-29-27(32-21(17)36)30-15-7-9-16(35)10-8-15/h2-6,11,15-16,18,20,24,35H,7-10,12H2,1H3,(H2,28,41)(H,31,37)(H,39,40)(H2,29,30,32,36)/t15?,16?,18?,20?,24-/m0/s1. The quantitative estimate of drug-likeness (QED) is 0.236. The van der Waals surface area contributed by atoms with Crippen molar-refractivity contribution in [1.29, 1.82) is 0 Å². The number of primary amides is 1. The number of carboxylic acid groups (broad SMARTS) is 1. The summed E-state index contributed by atoms with van der Waals surface area (Å²) in [5, 5.41) is 24.5. The molecule has 0 bridgehead atoms. The van der Waals surface area contributed by atoms with E-state index >= 15 is 0 Å². The summed E-state index contributed by atoms with van der Waals surface area (Å²) in [7, 11) is 0. The summed E-state index contributed by atoms with van der Waals surface area (Å²) in [6.45, 7) is 1.63. The van der Waals surface area contributed by atoms with E-state index in [4.69, 9.17) is 5.73 Å². The number of nitrogens with one attached hydrogen (secondary N) is 3. The largest absolute Gasteiger partial charge is 0.477 e. The summed E-state index contributed by atoms with van der Waals surface area (Å²) in [5.74, 6) is -2.09. The minimum Gasteiger partial charge on any atom is -0.477 e. The van der Waals surface area contributed by atoms with Gasteiger partial charge in [-0.05, 0) is 43.7 Å². The van der Waals surface area contributed by atoms with Gasteiger partial charge in [0.2, 0.25) is 11.9 Å². The Morgan fingerprint density at radius 3 is 2.48 bits per heavy atom. The van der Waals surface area contributed by atoms with Crippen molar-refractivity contribution in [3.8, 4) is 0 Å². The summed E-state index contributed by atoms with van der Waals surface area (Å²) in [5.41, 5.74) is 5.47. The number of aliphatic hydroxyl groups is 1. The van der Waals surface area contributed by atoms with E-state index in [1.54, 1.807) is 37.3 Å². The Hall–Kier alpha value is -4.37. The fourth-order valence-electron chi connectivity index (χ4n) is 5.49. The minimum atomic E-state index is -1.45. The highest BCUT2D eigenvalue weighted by Crippen LogP contribution is 2.40. The van der Waals surface area contributed by atoms with E-state index in [2.05, 4.69) is 20.6 Å². The number of aromatic nitrogens is 2. The maximum atomic E-state index is 13.8. The van der Waals surface area contributed by atoms with Crippen molar-refractivity contribution in [2.75, 3.05) is 16.0 Å². The number of carbonyl (C=O) groups is 4. The molecular formula is C27H31N7O7S. The number of aliphatic hydroxyl groups excluding tert-OH is 1.